The Morgan fingerprint density at radius 1 is 0.939 bits per heavy atom. The number of aliphatic hydroxyl groups is 6. The fourth-order valence-electron chi connectivity index (χ4n) is 2.64. The SMILES string of the molecule is NC(C(O)(O)O)C(O)(O)O.O=C(O)c1[nH]c2c(Cl)c3[nH]ccc(=O)c3cc2c(=O)c1C(=O)O. The van der Waals surface area contributed by atoms with Crippen LogP contribution in [0.4, 0.5) is 0 Å². The maximum Gasteiger partial charge on any atom is 0.353 e. The average Bonchev–Trinajstić information content (AvgIpc) is 2.67. The highest BCUT2D eigenvalue weighted by Crippen LogP contribution is 2.27. The minimum atomic E-state index is -3.53. The van der Waals surface area contributed by atoms with Gasteiger partial charge in [0.25, 0.3) is 11.9 Å². The largest absolute Gasteiger partial charge is 0.477 e. The summed E-state index contributed by atoms with van der Waals surface area (Å²) in [5, 5.41) is 66.8. The van der Waals surface area contributed by atoms with Crippen molar-refractivity contribution in [2.24, 2.45) is 5.73 Å². The molecule has 16 heteroatoms. The number of nitrogens with one attached hydrogen (secondary N) is 2. The summed E-state index contributed by atoms with van der Waals surface area (Å²) in [5.74, 6) is -10.4. The zero-order chi connectivity index (χ0) is 25.5. The Labute approximate surface area is 185 Å². The molecule has 0 aliphatic carbocycles. The number of aromatic nitrogens is 2. The van der Waals surface area contributed by atoms with Gasteiger partial charge in [0.1, 0.15) is 11.3 Å². The van der Waals surface area contributed by atoms with Crippen LogP contribution in [0.3, 0.4) is 0 Å². The lowest BCUT2D eigenvalue weighted by atomic mass is 10.1. The molecule has 0 amide bonds. The summed E-state index contributed by atoms with van der Waals surface area (Å²) in [5.41, 5.74) is 1.52. The molecule has 0 aliphatic heterocycles. The molecule has 178 valence electrons. The fraction of sp³-hybridized carbons (Fsp3) is 0.176. The maximum atomic E-state index is 12.4. The van der Waals surface area contributed by atoms with E-state index in [2.05, 4.69) is 15.7 Å². The lowest BCUT2D eigenvalue weighted by Crippen LogP contribution is -2.61. The van der Waals surface area contributed by atoms with Crippen molar-refractivity contribution in [2.45, 2.75) is 18.0 Å². The van der Waals surface area contributed by atoms with Crippen molar-refractivity contribution in [3.63, 3.8) is 0 Å². The van der Waals surface area contributed by atoms with Crippen molar-refractivity contribution < 1.29 is 50.4 Å². The predicted molar refractivity (Wildman–Crippen MR) is 108 cm³/mol. The highest BCUT2D eigenvalue weighted by atomic mass is 35.5. The van der Waals surface area contributed by atoms with Crippen LogP contribution in [0.2, 0.25) is 5.02 Å². The Morgan fingerprint density at radius 3 is 1.91 bits per heavy atom. The second kappa shape index (κ2) is 8.85. The van der Waals surface area contributed by atoms with Crippen LogP contribution >= 0.6 is 11.6 Å². The number of rotatable bonds is 4. The number of halogens is 1. The molecule has 0 unspecified atom stereocenters. The van der Waals surface area contributed by atoms with E-state index in [0.29, 0.717) is 0 Å². The zero-order valence-electron chi connectivity index (χ0n) is 16.0. The predicted octanol–water partition coefficient (Wildman–Crippen LogP) is -3.01. The Bertz CT molecular complexity index is 1350. The number of carboxylic acids is 2. The van der Waals surface area contributed by atoms with Gasteiger partial charge in [-0.15, -0.1) is 0 Å². The summed E-state index contributed by atoms with van der Waals surface area (Å²) in [6.07, 6.45) is 1.35. The van der Waals surface area contributed by atoms with E-state index in [-0.39, 0.29) is 26.8 Å². The van der Waals surface area contributed by atoms with Crippen molar-refractivity contribution in [3.05, 3.63) is 55.1 Å². The number of pyridine rings is 2. The molecule has 0 saturated heterocycles. The summed E-state index contributed by atoms with van der Waals surface area (Å²) in [6.45, 7) is 0. The number of carboxylic acid groups (broad SMARTS) is 2. The van der Waals surface area contributed by atoms with E-state index in [0.717, 1.165) is 0 Å². The number of aromatic carboxylic acids is 2. The summed E-state index contributed by atoms with van der Waals surface area (Å²) in [7, 11) is 0. The van der Waals surface area contributed by atoms with E-state index in [1.54, 1.807) is 0 Å². The van der Waals surface area contributed by atoms with Gasteiger partial charge >= 0.3 is 11.9 Å². The number of benzene rings is 1. The second-order valence-electron chi connectivity index (χ2n) is 6.54. The van der Waals surface area contributed by atoms with E-state index in [1.165, 1.54) is 18.3 Å². The van der Waals surface area contributed by atoms with E-state index in [1.807, 2.05) is 0 Å². The number of hydrogen-bond donors (Lipinski definition) is 11. The summed E-state index contributed by atoms with van der Waals surface area (Å²) in [6, 6.07) is 0.00863. The third kappa shape index (κ3) is 5.16. The Morgan fingerprint density at radius 2 is 1.48 bits per heavy atom. The van der Waals surface area contributed by atoms with E-state index in [9.17, 15) is 19.2 Å². The highest BCUT2D eigenvalue weighted by molar-refractivity contribution is 6.40. The van der Waals surface area contributed by atoms with Gasteiger partial charge in [0.15, 0.2) is 11.5 Å². The molecule has 2 aromatic heterocycles. The standard InChI is InChI=1S/C14H7ClN2O6.C3H9NO6/c15-8-9-4(6(18)1-2-16-9)3-5-10(8)17-11(14(22)23)7(12(5)19)13(20)21;4-1(2(5,6)7)3(8,9)10/h1-3H,(H,16,18)(H,17,19)(H,20,21)(H,22,23);1,5-10H,4H2. The van der Waals surface area contributed by atoms with Crippen LogP contribution in [-0.2, 0) is 0 Å². The molecule has 0 atom stereocenters. The smallest absolute Gasteiger partial charge is 0.353 e. The molecule has 12 N–H and O–H groups in total. The lowest BCUT2D eigenvalue weighted by molar-refractivity contribution is -0.411. The van der Waals surface area contributed by atoms with Crippen LogP contribution < -0.4 is 16.6 Å². The summed E-state index contributed by atoms with van der Waals surface area (Å²) in [4.78, 5) is 51.8. The molecule has 0 bridgehead atoms. The van der Waals surface area contributed by atoms with Crippen LogP contribution in [-0.4, -0.2) is 80.7 Å². The first-order valence-corrected chi connectivity index (χ1v) is 8.82. The lowest BCUT2D eigenvalue weighted by Gasteiger charge is -2.28. The first-order valence-electron chi connectivity index (χ1n) is 8.44. The number of aromatic amines is 2. The molecular formula is C17H16ClN3O12. The molecule has 33 heavy (non-hydrogen) atoms. The maximum absolute atomic E-state index is 12.4. The monoisotopic (exact) mass is 489 g/mol. The van der Waals surface area contributed by atoms with Gasteiger partial charge in [0, 0.05) is 23.0 Å². The third-order valence-corrected chi connectivity index (χ3v) is 4.61. The van der Waals surface area contributed by atoms with Crippen molar-refractivity contribution in [2.75, 3.05) is 0 Å². The quantitative estimate of drug-likeness (QED) is 0.129. The molecule has 0 saturated carbocycles. The molecule has 15 nitrogen and oxygen atoms in total. The average molecular weight is 490 g/mol. The molecule has 3 rings (SSSR count). The molecular weight excluding hydrogens is 474 g/mol. The van der Waals surface area contributed by atoms with Gasteiger partial charge in [0.05, 0.1) is 16.1 Å². The number of fused-ring (bicyclic) bond motifs is 2. The van der Waals surface area contributed by atoms with Gasteiger partial charge < -0.3 is 56.6 Å². The molecule has 2 heterocycles. The van der Waals surface area contributed by atoms with E-state index < -0.39 is 52.0 Å². The van der Waals surface area contributed by atoms with Gasteiger partial charge in [-0.3, -0.25) is 9.59 Å². The first-order chi connectivity index (χ1) is 15.0. The first kappa shape index (κ1) is 25.8. The molecule has 0 spiro atoms. The van der Waals surface area contributed by atoms with Crippen molar-refractivity contribution >= 4 is 45.3 Å². The van der Waals surface area contributed by atoms with Crippen LogP contribution in [0.25, 0.3) is 21.8 Å². The topological polar surface area (TPSA) is 288 Å². The number of H-pyrrole nitrogens is 2. The fourth-order valence-corrected chi connectivity index (χ4v) is 2.94. The Kier molecular flexibility index (Phi) is 6.93. The third-order valence-electron chi connectivity index (χ3n) is 4.23. The van der Waals surface area contributed by atoms with Crippen molar-refractivity contribution in [1.82, 2.24) is 9.97 Å². The zero-order valence-corrected chi connectivity index (χ0v) is 16.7. The van der Waals surface area contributed by atoms with Gasteiger partial charge in [-0.25, -0.2) is 9.59 Å². The van der Waals surface area contributed by atoms with E-state index in [4.69, 9.17) is 52.5 Å². The van der Waals surface area contributed by atoms with Crippen LogP contribution in [0.15, 0.2) is 27.9 Å². The molecule has 0 radical (unpaired) electrons. The minimum absolute atomic E-state index is 0.0617. The second-order valence-corrected chi connectivity index (χ2v) is 6.92. The van der Waals surface area contributed by atoms with Crippen LogP contribution in [0.5, 0.6) is 0 Å². The number of carbonyl (C=O) groups is 2. The van der Waals surface area contributed by atoms with Crippen LogP contribution in [0.1, 0.15) is 20.8 Å². The Hall–Kier alpha value is -3.41. The normalized spacial score (nSPS) is 12.0. The van der Waals surface area contributed by atoms with Crippen LogP contribution in [0, 0.1) is 0 Å². The van der Waals surface area contributed by atoms with E-state index >= 15 is 0 Å². The summed E-state index contributed by atoms with van der Waals surface area (Å²) >= 11 is 6.15. The molecule has 3 aromatic rings. The number of nitrogens with two attached hydrogens (primary N) is 1. The minimum Gasteiger partial charge on any atom is -0.477 e. The van der Waals surface area contributed by atoms with Crippen molar-refractivity contribution in [3.8, 4) is 0 Å². The highest BCUT2D eigenvalue weighted by Gasteiger charge is 2.44. The van der Waals surface area contributed by atoms with Gasteiger partial charge in [0.2, 0.25) is 5.43 Å². The number of hydrogen-bond acceptors (Lipinski definition) is 11. The molecule has 1 aromatic carbocycles. The Balaban J connectivity index is 0.000000328. The van der Waals surface area contributed by atoms with Crippen molar-refractivity contribution in [1.29, 1.82) is 0 Å². The molecule has 0 fully saturated rings. The van der Waals surface area contributed by atoms with Gasteiger partial charge in [-0.1, -0.05) is 11.6 Å². The van der Waals surface area contributed by atoms with Gasteiger partial charge in [-0.05, 0) is 6.07 Å². The van der Waals surface area contributed by atoms with Gasteiger partial charge in [-0.2, -0.15) is 0 Å². The molecule has 0 aliphatic rings. The summed E-state index contributed by atoms with van der Waals surface area (Å²) < 4.78 is 0.